The van der Waals surface area contributed by atoms with Gasteiger partial charge in [0.25, 0.3) is 0 Å². The van der Waals surface area contributed by atoms with Crippen LogP contribution in [0.3, 0.4) is 0 Å². The molecule has 6 unspecified atom stereocenters. The molecule has 4 aromatic rings. The van der Waals surface area contributed by atoms with Gasteiger partial charge in [-0.05, 0) is 166 Å². The van der Waals surface area contributed by atoms with Crippen molar-refractivity contribution in [1.82, 2.24) is 19.1 Å². The number of aliphatic hydroxyl groups is 2. The molecule has 8 aliphatic rings. The molecule has 2 aromatic carbocycles. The summed E-state index contributed by atoms with van der Waals surface area (Å²) in [7, 11) is 1.75. The van der Waals surface area contributed by atoms with Crippen LogP contribution in [0.15, 0.2) is 96.6 Å². The molecule has 0 amide bonds. The molecule has 332 valence electrons. The summed E-state index contributed by atoms with van der Waals surface area (Å²) in [4.78, 5) is 9.37. The van der Waals surface area contributed by atoms with E-state index in [1.165, 1.54) is 93.1 Å². The van der Waals surface area contributed by atoms with Gasteiger partial charge >= 0.3 is 29.6 Å². The van der Waals surface area contributed by atoms with Crippen molar-refractivity contribution in [1.29, 1.82) is 0 Å². The number of nitrogens with zero attached hydrogens (tertiary/aromatic N) is 4. The van der Waals surface area contributed by atoms with E-state index in [-0.39, 0.29) is 46.5 Å². The summed E-state index contributed by atoms with van der Waals surface area (Å²) in [6.45, 7) is 12.7. The molecule has 2 aromatic heterocycles. The smallest absolute Gasteiger partial charge is 0.857 e. The van der Waals surface area contributed by atoms with E-state index in [1.807, 2.05) is 11.9 Å². The molecule has 7 nitrogen and oxygen atoms in total. The summed E-state index contributed by atoms with van der Waals surface area (Å²) in [5.74, 6) is 5.67. The second kappa shape index (κ2) is 18.1. The SMILES string of the molecule is CO.C[C@H]1CC[C@@]2(C)C(=CCC3C2CC[C@]2(C)C(n4cnc5ccccc54)=CCC32)C1.C[C@]12CC[C@H](O)CC1=CCC1C2CC[C@]2(C)C(n3cnc4ccccc43)=CCC12.C[O-].[Na+]. The van der Waals surface area contributed by atoms with Gasteiger partial charge in [-0.2, -0.15) is 7.11 Å². The molecule has 8 heteroatoms. The van der Waals surface area contributed by atoms with Crippen molar-refractivity contribution in [3.05, 3.63) is 96.6 Å². The van der Waals surface area contributed by atoms with Crippen molar-refractivity contribution in [2.24, 2.45) is 63.1 Å². The average Bonchev–Trinajstić information content (AvgIpc) is 4.08. The number of hydrogen-bond donors (Lipinski definition) is 2. The van der Waals surface area contributed by atoms with Crippen LogP contribution >= 0.6 is 0 Å². The van der Waals surface area contributed by atoms with Crippen LogP contribution in [0.1, 0.15) is 125 Å². The van der Waals surface area contributed by atoms with Crippen LogP contribution in [0.2, 0.25) is 0 Å². The number of rotatable bonds is 2. The number of hydrogen-bond acceptors (Lipinski definition) is 5. The van der Waals surface area contributed by atoms with E-state index in [9.17, 15) is 5.11 Å². The number of aliphatic hydroxyl groups excluding tert-OH is 2. The number of allylic oxidation sites excluding steroid dienone is 7. The largest absolute Gasteiger partial charge is 1.00 e. The second-order valence-electron chi connectivity index (χ2n) is 21.5. The van der Waals surface area contributed by atoms with Gasteiger partial charge in [0, 0.05) is 29.3 Å². The molecule has 4 saturated carbocycles. The van der Waals surface area contributed by atoms with E-state index in [1.54, 1.807) is 5.57 Å². The van der Waals surface area contributed by atoms with Gasteiger partial charge in [0.05, 0.1) is 28.2 Å². The van der Waals surface area contributed by atoms with E-state index in [4.69, 9.17) is 15.2 Å². The molecule has 4 fully saturated rings. The maximum absolute atomic E-state index is 10.2. The molecule has 63 heavy (non-hydrogen) atoms. The molecule has 0 saturated heterocycles. The zero-order valence-electron chi connectivity index (χ0n) is 39.7. The third-order valence-electron chi connectivity index (χ3n) is 18.9. The molecule has 2 heterocycles. The Hall–Kier alpha value is -2.78. The summed E-state index contributed by atoms with van der Waals surface area (Å²) in [5.41, 5.74) is 12.4. The number of benzene rings is 2. The van der Waals surface area contributed by atoms with Gasteiger partial charge in [-0.25, -0.2) is 9.97 Å². The summed E-state index contributed by atoms with van der Waals surface area (Å²) in [6, 6.07) is 17.1. The first-order chi connectivity index (χ1) is 30.0. The van der Waals surface area contributed by atoms with E-state index < -0.39 is 0 Å². The Balaban J connectivity index is 0.000000158. The molecule has 8 aliphatic carbocycles. The Kier molecular flexibility index (Phi) is 13.5. The van der Waals surface area contributed by atoms with Crippen molar-refractivity contribution in [3.63, 3.8) is 0 Å². The maximum atomic E-state index is 10.2. The molecule has 2 N–H and O–H groups in total. The number of aromatic nitrogens is 4. The van der Waals surface area contributed by atoms with Gasteiger partial charge < -0.3 is 24.5 Å². The fraction of sp³-hybridized carbons (Fsp3) is 0.600. The molecular weight excluding hydrogens is 788 g/mol. The van der Waals surface area contributed by atoms with E-state index in [2.05, 4.69) is 128 Å². The van der Waals surface area contributed by atoms with Gasteiger partial charge in [0.15, 0.2) is 0 Å². The van der Waals surface area contributed by atoms with Crippen molar-refractivity contribution >= 4 is 33.5 Å². The first-order valence-electron chi connectivity index (χ1n) is 24.2. The van der Waals surface area contributed by atoms with Crippen molar-refractivity contribution in [2.75, 3.05) is 14.2 Å². The molecule has 0 spiro atoms. The predicted octanol–water partition coefficient (Wildman–Crippen LogP) is 8.49. The van der Waals surface area contributed by atoms with Crippen LogP contribution in [0, 0.1) is 63.1 Å². The van der Waals surface area contributed by atoms with Crippen LogP contribution in [0.4, 0.5) is 0 Å². The van der Waals surface area contributed by atoms with Gasteiger partial charge in [-0.3, -0.25) is 0 Å². The fourth-order valence-electron chi connectivity index (χ4n) is 15.6. The Bertz CT molecular complexity index is 2240. The van der Waals surface area contributed by atoms with Crippen LogP contribution in [-0.2, 0) is 0 Å². The summed E-state index contributed by atoms with van der Waals surface area (Å²) < 4.78 is 4.78. The molecule has 0 radical (unpaired) electrons. The van der Waals surface area contributed by atoms with Crippen molar-refractivity contribution in [3.8, 4) is 0 Å². The van der Waals surface area contributed by atoms with E-state index >= 15 is 0 Å². The summed E-state index contributed by atoms with van der Waals surface area (Å²) in [6.07, 6.45) is 31.8. The second-order valence-corrected chi connectivity index (χ2v) is 21.5. The van der Waals surface area contributed by atoms with Crippen LogP contribution < -0.4 is 34.7 Å². The first-order valence-corrected chi connectivity index (χ1v) is 24.2. The average molecular weight is 861 g/mol. The first kappa shape index (κ1) is 46.7. The van der Waals surface area contributed by atoms with Gasteiger partial charge in [-0.15, -0.1) is 0 Å². The maximum Gasteiger partial charge on any atom is 1.00 e. The Labute approximate surface area is 399 Å². The predicted molar refractivity (Wildman–Crippen MR) is 251 cm³/mol. The van der Waals surface area contributed by atoms with Gasteiger partial charge in [0.2, 0.25) is 0 Å². The standard InChI is InChI=1S/C27H34N2.C26H32N2O.CH4O.CH3O.Na/c1-18-12-14-26(2)19(16-18)8-9-20-21-10-11-25(27(21,3)15-13-22(20)26)29-17-28-23-6-4-5-7-24(23)29;1-25-13-11-18(29)15-17(25)7-8-19-20-9-10-24(26(20,2)14-12-21(19)25)28-16-27-22-5-3-4-6-23(22)28;2*1-2;/h4-8,11,17-18,20-22H,9-10,12-16H2,1-3H3;3-7,10,16,18-21,29H,8-9,11-15H2,1-2H3;2H,1H3;1H3;/q;;;-1;+1/t18-,20?,21?,22?,26-,27-;18-,19?,20?,21?,25-,26-;;;/m00.../s1. The summed E-state index contributed by atoms with van der Waals surface area (Å²) >= 11 is 0. The number of imidazole rings is 2. The zero-order valence-corrected chi connectivity index (χ0v) is 41.7. The Morgan fingerprint density at radius 2 is 0.984 bits per heavy atom. The number of para-hydroxylation sites is 4. The van der Waals surface area contributed by atoms with Crippen molar-refractivity contribution < 1.29 is 44.9 Å². The van der Waals surface area contributed by atoms with Crippen LogP contribution in [-0.4, -0.2) is 49.6 Å². The quantitative estimate of drug-likeness (QED) is 0.156. The van der Waals surface area contributed by atoms with Crippen LogP contribution in [0.5, 0.6) is 0 Å². The Morgan fingerprint density at radius 3 is 1.48 bits per heavy atom. The zero-order chi connectivity index (χ0) is 43.6. The fourth-order valence-corrected chi connectivity index (χ4v) is 15.6. The minimum atomic E-state index is -0.117. The Morgan fingerprint density at radius 1 is 0.556 bits per heavy atom. The minimum absolute atomic E-state index is 0. The molecule has 12 rings (SSSR count). The molecular formula is C55H73N4NaO3. The van der Waals surface area contributed by atoms with E-state index in [0.717, 1.165) is 85.9 Å². The van der Waals surface area contributed by atoms with Crippen LogP contribution in [0.25, 0.3) is 33.5 Å². The monoisotopic (exact) mass is 861 g/mol. The third-order valence-corrected chi connectivity index (χ3v) is 18.9. The molecule has 0 bridgehead atoms. The minimum Gasteiger partial charge on any atom is -0.857 e. The third kappa shape index (κ3) is 7.46. The summed E-state index contributed by atoms with van der Waals surface area (Å²) in [5, 5.41) is 25.5. The molecule has 12 atom stereocenters. The number of fused-ring (bicyclic) bond motifs is 12. The topological polar surface area (TPSA) is 99.2 Å². The van der Waals surface area contributed by atoms with Crippen molar-refractivity contribution in [2.45, 2.75) is 131 Å². The van der Waals surface area contributed by atoms with Gasteiger partial charge in [-0.1, -0.05) is 94.3 Å². The normalized spacial score (nSPS) is 38.3. The van der Waals surface area contributed by atoms with Gasteiger partial charge in [0.1, 0.15) is 12.7 Å². The van der Waals surface area contributed by atoms with E-state index in [0.29, 0.717) is 10.8 Å². The molecule has 0 aliphatic heterocycles.